The second kappa shape index (κ2) is 5.50. The highest BCUT2D eigenvalue weighted by Crippen LogP contribution is 2.28. The lowest BCUT2D eigenvalue weighted by molar-refractivity contribution is 0.601. The van der Waals surface area contributed by atoms with Gasteiger partial charge in [0, 0.05) is 27.1 Å². The van der Waals surface area contributed by atoms with E-state index >= 15 is 0 Å². The van der Waals surface area contributed by atoms with Crippen molar-refractivity contribution in [3.63, 3.8) is 0 Å². The molecule has 0 fully saturated rings. The minimum absolute atomic E-state index is 0.0264. The van der Waals surface area contributed by atoms with Crippen LogP contribution in [0.3, 0.4) is 0 Å². The second-order valence-corrected chi connectivity index (χ2v) is 7.44. The molecule has 0 aliphatic heterocycles. The van der Waals surface area contributed by atoms with Gasteiger partial charge >= 0.3 is 0 Å². The molecule has 114 valence electrons. The number of aryl methyl sites for hydroxylation is 1. The van der Waals surface area contributed by atoms with Crippen molar-refractivity contribution < 1.29 is 8.42 Å². The molecule has 2 N–H and O–H groups in total. The molecule has 1 heterocycles. The Hall–Kier alpha value is -1.69. The van der Waals surface area contributed by atoms with E-state index in [4.69, 9.17) is 23.2 Å². The van der Waals surface area contributed by atoms with Crippen LogP contribution in [-0.4, -0.2) is 13.4 Å². The number of fused-ring (bicyclic) bond motifs is 1. The number of aromatic nitrogens is 1. The summed E-state index contributed by atoms with van der Waals surface area (Å²) in [6.45, 7) is 1.86. The molecule has 0 aliphatic carbocycles. The predicted octanol–water partition coefficient (Wildman–Crippen LogP) is 4.58. The predicted molar refractivity (Wildman–Crippen MR) is 90.3 cm³/mol. The summed E-state index contributed by atoms with van der Waals surface area (Å²) in [5.41, 5.74) is 2.31. The Morgan fingerprint density at radius 1 is 1.05 bits per heavy atom. The van der Waals surface area contributed by atoms with Gasteiger partial charge in [-0.05, 0) is 48.9 Å². The highest BCUT2D eigenvalue weighted by molar-refractivity contribution is 7.92. The molecule has 1 aromatic heterocycles. The molecule has 0 radical (unpaired) electrons. The number of halogens is 2. The molecule has 2 aromatic carbocycles. The van der Waals surface area contributed by atoms with Crippen LogP contribution in [-0.2, 0) is 10.0 Å². The molecule has 0 atom stereocenters. The Bertz CT molecular complexity index is 945. The van der Waals surface area contributed by atoms with Crippen LogP contribution < -0.4 is 4.72 Å². The minimum Gasteiger partial charge on any atom is -0.361 e. The molecule has 0 saturated heterocycles. The van der Waals surface area contributed by atoms with Gasteiger partial charge in [0.25, 0.3) is 10.0 Å². The molecule has 0 aliphatic rings. The lowest BCUT2D eigenvalue weighted by Crippen LogP contribution is -2.13. The van der Waals surface area contributed by atoms with Crippen molar-refractivity contribution in [3.05, 3.63) is 58.2 Å². The van der Waals surface area contributed by atoms with Crippen molar-refractivity contribution in [1.29, 1.82) is 0 Å². The first-order chi connectivity index (χ1) is 10.4. The second-order valence-electron chi connectivity index (χ2n) is 4.89. The summed E-state index contributed by atoms with van der Waals surface area (Å²) < 4.78 is 27.6. The van der Waals surface area contributed by atoms with Crippen molar-refractivity contribution in [2.24, 2.45) is 0 Å². The first-order valence-electron chi connectivity index (χ1n) is 6.42. The van der Waals surface area contributed by atoms with E-state index in [1.165, 1.54) is 18.2 Å². The first kappa shape index (κ1) is 15.2. The van der Waals surface area contributed by atoms with Crippen LogP contribution in [0.1, 0.15) is 5.56 Å². The quantitative estimate of drug-likeness (QED) is 0.722. The van der Waals surface area contributed by atoms with Crippen molar-refractivity contribution >= 4 is 49.8 Å². The number of aromatic amines is 1. The summed E-state index contributed by atoms with van der Waals surface area (Å²) in [6.07, 6.45) is 1.81. The van der Waals surface area contributed by atoms with Gasteiger partial charge in [-0.2, -0.15) is 0 Å². The number of anilines is 1. The summed E-state index contributed by atoms with van der Waals surface area (Å²) in [5.74, 6) is 0. The minimum atomic E-state index is -3.76. The van der Waals surface area contributed by atoms with Crippen LogP contribution in [0.25, 0.3) is 10.9 Å². The molecule has 0 bridgehead atoms. The molecule has 3 rings (SSSR count). The Balaban J connectivity index is 2.04. The number of hydrogen-bond donors (Lipinski definition) is 2. The number of rotatable bonds is 3. The third-order valence-corrected chi connectivity index (χ3v) is 5.18. The van der Waals surface area contributed by atoms with E-state index in [0.717, 1.165) is 16.5 Å². The maximum atomic E-state index is 12.5. The van der Waals surface area contributed by atoms with E-state index in [9.17, 15) is 8.42 Å². The molecular formula is C15H12Cl2N2O2S. The largest absolute Gasteiger partial charge is 0.361 e. The number of H-pyrrole nitrogens is 1. The van der Waals surface area contributed by atoms with Gasteiger partial charge in [-0.25, -0.2) is 8.42 Å². The molecule has 0 saturated carbocycles. The van der Waals surface area contributed by atoms with Gasteiger partial charge in [0.05, 0.1) is 10.6 Å². The fourth-order valence-corrected chi connectivity index (χ4v) is 4.13. The zero-order valence-corrected chi connectivity index (χ0v) is 13.9. The lowest BCUT2D eigenvalue weighted by atomic mass is 10.1. The fourth-order valence-electron chi connectivity index (χ4n) is 2.28. The van der Waals surface area contributed by atoms with Gasteiger partial charge < -0.3 is 4.98 Å². The van der Waals surface area contributed by atoms with E-state index in [2.05, 4.69) is 9.71 Å². The summed E-state index contributed by atoms with van der Waals surface area (Å²) >= 11 is 11.7. The Morgan fingerprint density at radius 2 is 1.73 bits per heavy atom. The van der Waals surface area contributed by atoms with Gasteiger partial charge in [-0.15, -0.1) is 0 Å². The van der Waals surface area contributed by atoms with Gasteiger partial charge in [-0.3, -0.25) is 4.72 Å². The molecule has 0 spiro atoms. The van der Waals surface area contributed by atoms with Crippen LogP contribution in [0.5, 0.6) is 0 Å². The zero-order valence-electron chi connectivity index (χ0n) is 11.5. The molecule has 0 unspecified atom stereocenters. The van der Waals surface area contributed by atoms with Crippen molar-refractivity contribution in [2.75, 3.05) is 4.72 Å². The Labute approximate surface area is 138 Å². The molecule has 22 heavy (non-hydrogen) atoms. The third kappa shape index (κ3) is 2.79. The van der Waals surface area contributed by atoms with E-state index in [-0.39, 0.29) is 14.9 Å². The monoisotopic (exact) mass is 354 g/mol. The summed E-state index contributed by atoms with van der Waals surface area (Å²) in [7, 11) is -3.76. The fraction of sp³-hybridized carbons (Fsp3) is 0.0667. The standard InChI is InChI=1S/C15H12Cl2N2O2S/c1-9-13-4-5-18-15(13)3-2-14(9)19-22(20,21)12-7-10(16)6-11(17)8-12/h2-8,18-19H,1H3. The average molecular weight is 355 g/mol. The van der Waals surface area contributed by atoms with Crippen molar-refractivity contribution in [2.45, 2.75) is 11.8 Å². The molecule has 7 heteroatoms. The lowest BCUT2D eigenvalue weighted by Gasteiger charge is -2.12. The van der Waals surface area contributed by atoms with Crippen molar-refractivity contribution in [3.8, 4) is 0 Å². The smallest absolute Gasteiger partial charge is 0.262 e. The first-order valence-corrected chi connectivity index (χ1v) is 8.66. The number of sulfonamides is 1. The van der Waals surface area contributed by atoms with Crippen LogP contribution in [0.4, 0.5) is 5.69 Å². The van der Waals surface area contributed by atoms with E-state index in [0.29, 0.717) is 5.69 Å². The maximum absolute atomic E-state index is 12.5. The number of hydrogen-bond acceptors (Lipinski definition) is 2. The topological polar surface area (TPSA) is 62.0 Å². The van der Waals surface area contributed by atoms with Gasteiger partial charge in [0.2, 0.25) is 0 Å². The zero-order chi connectivity index (χ0) is 15.9. The number of benzene rings is 2. The Morgan fingerprint density at radius 3 is 2.41 bits per heavy atom. The number of nitrogens with one attached hydrogen (secondary N) is 2. The van der Waals surface area contributed by atoms with Crippen LogP contribution in [0, 0.1) is 6.92 Å². The van der Waals surface area contributed by atoms with Gasteiger partial charge in [-0.1, -0.05) is 23.2 Å². The molecule has 4 nitrogen and oxygen atoms in total. The van der Waals surface area contributed by atoms with E-state index in [1.807, 2.05) is 25.3 Å². The van der Waals surface area contributed by atoms with Crippen LogP contribution in [0.2, 0.25) is 10.0 Å². The Kier molecular flexibility index (Phi) is 3.80. The van der Waals surface area contributed by atoms with Crippen LogP contribution in [0.15, 0.2) is 47.5 Å². The normalized spacial score (nSPS) is 11.8. The maximum Gasteiger partial charge on any atom is 0.262 e. The summed E-state index contributed by atoms with van der Waals surface area (Å²) in [4.78, 5) is 3.11. The van der Waals surface area contributed by atoms with Gasteiger partial charge in [0.1, 0.15) is 0 Å². The van der Waals surface area contributed by atoms with E-state index < -0.39 is 10.0 Å². The third-order valence-electron chi connectivity index (χ3n) is 3.39. The molecule has 3 aromatic rings. The summed E-state index contributed by atoms with van der Waals surface area (Å²) in [6, 6.07) is 9.65. The van der Waals surface area contributed by atoms with Crippen molar-refractivity contribution in [1.82, 2.24) is 4.98 Å². The highest BCUT2D eigenvalue weighted by atomic mass is 35.5. The SMILES string of the molecule is Cc1c(NS(=O)(=O)c2cc(Cl)cc(Cl)c2)ccc2[nH]ccc12. The highest BCUT2D eigenvalue weighted by Gasteiger charge is 2.17. The summed E-state index contributed by atoms with van der Waals surface area (Å²) in [5, 5.41) is 1.50. The molecular weight excluding hydrogens is 343 g/mol. The van der Waals surface area contributed by atoms with Crippen LogP contribution >= 0.6 is 23.2 Å². The van der Waals surface area contributed by atoms with E-state index in [1.54, 1.807) is 6.07 Å². The average Bonchev–Trinajstić information content (AvgIpc) is 2.90. The van der Waals surface area contributed by atoms with Gasteiger partial charge in [0.15, 0.2) is 0 Å². The molecule has 0 amide bonds.